The molecule has 110 valence electrons. The van der Waals surface area contributed by atoms with Gasteiger partial charge in [-0.25, -0.2) is 0 Å². The number of anilines is 2. The molecule has 0 bridgehead atoms. The number of pyridine rings is 1. The molecule has 1 aromatic heterocycles. The molecule has 1 aliphatic heterocycles. The smallest absolute Gasteiger partial charge is 0.0612 e. The predicted octanol–water partition coefficient (Wildman–Crippen LogP) is 3.91. The number of hydrogen-bond acceptors (Lipinski definition) is 3. The Kier molecular flexibility index (Phi) is 3.36. The molecule has 0 saturated heterocycles. The molecule has 0 amide bonds. The van der Waals surface area contributed by atoms with E-state index in [1.807, 2.05) is 12.4 Å². The van der Waals surface area contributed by atoms with Crippen LogP contribution in [0.3, 0.4) is 0 Å². The Balaban J connectivity index is 2.03. The number of nitrogens with one attached hydrogen (secondary N) is 1. The number of fused-ring (bicyclic) bond motifs is 1. The lowest BCUT2D eigenvalue weighted by Crippen LogP contribution is -2.51. The normalized spacial score (nSPS) is 16.3. The first kappa shape index (κ1) is 13.9. The maximum atomic E-state index is 4.11. The fourth-order valence-electron chi connectivity index (χ4n) is 2.87. The highest BCUT2D eigenvalue weighted by atomic mass is 15.3. The van der Waals surface area contributed by atoms with Gasteiger partial charge in [-0.05, 0) is 68.7 Å². The number of aromatic nitrogens is 1. The van der Waals surface area contributed by atoms with Gasteiger partial charge in [0.15, 0.2) is 0 Å². The first-order chi connectivity index (χ1) is 9.97. The quantitative estimate of drug-likeness (QED) is 0.904. The van der Waals surface area contributed by atoms with Crippen LogP contribution in [0.1, 0.15) is 30.5 Å². The molecule has 0 fully saturated rings. The van der Waals surface area contributed by atoms with Crippen molar-refractivity contribution in [3.63, 3.8) is 0 Å². The van der Waals surface area contributed by atoms with Gasteiger partial charge in [-0.15, -0.1) is 0 Å². The van der Waals surface area contributed by atoms with Crippen LogP contribution in [-0.2, 0) is 6.54 Å². The van der Waals surface area contributed by atoms with Gasteiger partial charge in [-0.2, -0.15) is 0 Å². The van der Waals surface area contributed by atoms with E-state index in [4.69, 9.17) is 0 Å². The van der Waals surface area contributed by atoms with Crippen LogP contribution in [-0.4, -0.2) is 17.1 Å². The number of nitrogens with zero attached hydrogens (tertiary/aromatic N) is 2. The molecular weight excluding hydrogens is 258 g/mol. The minimum atomic E-state index is 0.0813. The van der Waals surface area contributed by atoms with Gasteiger partial charge in [-0.1, -0.05) is 0 Å². The van der Waals surface area contributed by atoms with Crippen molar-refractivity contribution in [2.45, 2.75) is 39.8 Å². The Labute approximate surface area is 127 Å². The fraction of sp³-hybridized carbons (Fsp3) is 0.389. The predicted molar refractivity (Wildman–Crippen MR) is 88.9 cm³/mol. The van der Waals surface area contributed by atoms with E-state index in [0.717, 1.165) is 13.1 Å². The molecular formula is C18H23N3. The lowest BCUT2D eigenvalue weighted by molar-refractivity contribution is 0.469. The molecule has 0 spiro atoms. The highest BCUT2D eigenvalue weighted by Crippen LogP contribution is 2.38. The molecule has 3 rings (SSSR count). The van der Waals surface area contributed by atoms with Crippen LogP contribution < -0.4 is 10.2 Å². The van der Waals surface area contributed by atoms with Crippen LogP contribution in [0, 0.1) is 13.8 Å². The molecule has 0 radical (unpaired) electrons. The summed E-state index contributed by atoms with van der Waals surface area (Å²) in [6, 6.07) is 8.76. The first-order valence-electron chi connectivity index (χ1n) is 7.49. The number of benzene rings is 1. The van der Waals surface area contributed by atoms with Crippen molar-refractivity contribution in [3.8, 4) is 0 Å². The van der Waals surface area contributed by atoms with E-state index in [2.05, 4.69) is 67.2 Å². The van der Waals surface area contributed by atoms with E-state index >= 15 is 0 Å². The molecule has 0 unspecified atom stereocenters. The van der Waals surface area contributed by atoms with E-state index in [-0.39, 0.29) is 5.54 Å². The van der Waals surface area contributed by atoms with Crippen LogP contribution >= 0.6 is 0 Å². The second kappa shape index (κ2) is 5.06. The van der Waals surface area contributed by atoms with Crippen molar-refractivity contribution >= 4 is 11.4 Å². The minimum Gasteiger partial charge on any atom is -0.381 e. The average Bonchev–Trinajstić information content (AvgIpc) is 2.46. The van der Waals surface area contributed by atoms with Gasteiger partial charge in [0.2, 0.25) is 0 Å². The zero-order chi connectivity index (χ0) is 15.0. The molecule has 3 heteroatoms. The summed E-state index contributed by atoms with van der Waals surface area (Å²) >= 11 is 0. The maximum Gasteiger partial charge on any atom is 0.0612 e. The fourth-order valence-corrected chi connectivity index (χ4v) is 2.87. The molecule has 2 heterocycles. The van der Waals surface area contributed by atoms with E-state index in [1.165, 1.54) is 28.1 Å². The van der Waals surface area contributed by atoms with E-state index in [9.17, 15) is 0 Å². The van der Waals surface area contributed by atoms with Crippen molar-refractivity contribution in [1.82, 2.24) is 4.98 Å². The first-order valence-corrected chi connectivity index (χ1v) is 7.49. The zero-order valence-electron chi connectivity index (χ0n) is 13.3. The SMILES string of the molecule is Cc1cc2c(cc1C)N(Cc1ccncc1)C(C)(C)CN2. The van der Waals surface area contributed by atoms with Crippen LogP contribution in [0.2, 0.25) is 0 Å². The standard InChI is InChI=1S/C18H23N3/c1-13-9-16-17(10-14(13)2)21(18(3,4)12-20-16)11-15-5-7-19-8-6-15/h5-10,20H,11-12H2,1-4H3. The van der Waals surface area contributed by atoms with E-state index in [1.54, 1.807) is 0 Å². The molecule has 1 aromatic carbocycles. The summed E-state index contributed by atoms with van der Waals surface area (Å²) in [6.07, 6.45) is 3.73. The van der Waals surface area contributed by atoms with Crippen LogP contribution in [0.4, 0.5) is 11.4 Å². The van der Waals surface area contributed by atoms with Gasteiger partial charge in [0.25, 0.3) is 0 Å². The third-order valence-electron chi connectivity index (χ3n) is 4.44. The van der Waals surface area contributed by atoms with Gasteiger partial charge in [0.05, 0.1) is 16.9 Å². The highest BCUT2D eigenvalue weighted by molar-refractivity contribution is 5.75. The molecule has 0 saturated carbocycles. The summed E-state index contributed by atoms with van der Waals surface area (Å²) < 4.78 is 0. The summed E-state index contributed by atoms with van der Waals surface area (Å²) in [4.78, 5) is 6.61. The largest absolute Gasteiger partial charge is 0.381 e. The lowest BCUT2D eigenvalue weighted by atomic mass is 9.94. The molecule has 1 N–H and O–H groups in total. The summed E-state index contributed by atoms with van der Waals surface area (Å²) in [5, 5.41) is 3.58. The van der Waals surface area contributed by atoms with Crippen molar-refractivity contribution in [1.29, 1.82) is 0 Å². The van der Waals surface area contributed by atoms with E-state index < -0.39 is 0 Å². The van der Waals surface area contributed by atoms with Gasteiger partial charge in [0.1, 0.15) is 0 Å². The van der Waals surface area contributed by atoms with Crippen LogP contribution in [0.25, 0.3) is 0 Å². The Bertz CT molecular complexity index is 647. The van der Waals surface area contributed by atoms with Crippen molar-refractivity contribution < 1.29 is 0 Å². The summed E-state index contributed by atoms with van der Waals surface area (Å²) in [5.41, 5.74) is 6.59. The third kappa shape index (κ3) is 2.60. The van der Waals surface area contributed by atoms with Crippen molar-refractivity contribution in [2.75, 3.05) is 16.8 Å². The van der Waals surface area contributed by atoms with Gasteiger partial charge in [-0.3, -0.25) is 4.98 Å². The zero-order valence-corrected chi connectivity index (χ0v) is 13.3. The highest BCUT2D eigenvalue weighted by Gasteiger charge is 2.32. The number of aryl methyl sites for hydroxylation is 2. The monoisotopic (exact) mass is 281 g/mol. The van der Waals surface area contributed by atoms with Gasteiger partial charge in [0, 0.05) is 25.5 Å². The second-order valence-corrected chi connectivity index (χ2v) is 6.56. The molecule has 2 aromatic rings. The van der Waals surface area contributed by atoms with Crippen molar-refractivity contribution in [2.24, 2.45) is 0 Å². The molecule has 0 atom stereocenters. The maximum absolute atomic E-state index is 4.11. The lowest BCUT2D eigenvalue weighted by Gasteiger charge is -2.46. The van der Waals surface area contributed by atoms with Crippen LogP contribution in [0.15, 0.2) is 36.7 Å². The topological polar surface area (TPSA) is 28.2 Å². The molecule has 21 heavy (non-hydrogen) atoms. The van der Waals surface area contributed by atoms with Crippen molar-refractivity contribution in [3.05, 3.63) is 53.3 Å². The molecule has 0 aliphatic carbocycles. The summed E-state index contributed by atoms with van der Waals surface area (Å²) in [5.74, 6) is 0. The van der Waals surface area contributed by atoms with Crippen LogP contribution in [0.5, 0.6) is 0 Å². The minimum absolute atomic E-state index is 0.0813. The molecule has 3 nitrogen and oxygen atoms in total. The average molecular weight is 281 g/mol. The van der Waals surface area contributed by atoms with E-state index in [0.29, 0.717) is 0 Å². The summed E-state index contributed by atoms with van der Waals surface area (Å²) in [6.45, 7) is 10.8. The number of hydrogen-bond donors (Lipinski definition) is 1. The summed E-state index contributed by atoms with van der Waals surface area (Å²) in [7, 11) is 0. The third-order valence-corrected chi connectivity index (χ3v) is 4.44. The Morgan fingerprint density at radius 2 is 1.81 bits per heavy atom. The second-order valence-electron chi connectivity index (χ2n) is 6.56. The Morgan fingerprint density at radius 3 is 2.52 bits per heavy atom. The molecule has 1 aliphatic rings. The van der Waals surface area contributed by atoms with Gasteiger partial charge >= 0.3 is 0 Å². The Morgan fingerprint density at radius 1 is 1.14 bits per heavy atom. The van der Waals surface area contributed by atoms with Gasteiger partial charge < -0.3 is 10.2 Å². The number of rotatable bonds is 2. The Hall–Kier alpha value is -2.03.